The number of hydrogen-bond donors (Lipinski definition) is 1. The predicted octanol–water partition coefficient (Wildman–Crippen LogP) is 2.55. The SMILES string of the molecule is CN(C(=O)CN1CCOC2(C/C=C/Cc3ccccc3OCCNC2=O)C1)C1CCCCC1. The summed E-state index contributed by atoms with van der Waals surface area (Å²) in [5.74, 6) is 0.850. The van der Waals surface area contributed by atoms with E-state index >= 15 is 0 Å². The van der Waals surface area contributed by atoms with Crippen molar-refractivity contribution in [3.63, 3.8) is 0 Å². The Morgan fingerprint density at radius 3 is 2.85 bits per heavy atom. The smallest absolute Gasteiger partial charge is 0.254 e. The highest BCUT2D eigenvalue weighted by atomic mass is 16.5. The molecular formula is C26H37N3O4. The lowest BCUT2D eigenvalue weighted by atomic mass is 9.94. The van der Waals surface area contributed by atoms with Crippen LogP contribution in [0.1, 0.15) is 44.1 Å². The molecule has 1 aliphatic carbocycles. The first-order valence-electron chi connectivity index (χ1n) is 12.3. The number of nitrogens with one attached hydrogen (secondary N) is 1. The van der Waals surface area contributed by atoms with Crippen LogP contribution < -0.4 is 10.1 Å². The van der Waals surface area contributed by atoms with E-state index in [9.17, 15) is 9.59 Å². The number of ether oxygens (including phenoxy) is 2. The lowest BCUT2D eigenvalue weighted by molar-refractivity contribution is -0.162. The highest BCUT2D eigenvalue weighted by Gasteiger charge is 2.43. The van der Waals surface area contributed by atoms with Crippen LogP contribution in [0.4, 0.5) is 0 Å². The summed E-state index contributed by atoms with van der Waals surface area (Å²) in [5.41, 5.74) is 0.134. The zero-order valence-corrected chi connectivity index (χ0v) is 19.8. The number of benzene rings is 1. The van der Waals surface area contributed by atoms with Gasteiger partial charge in [-0.05, 0) is 30.9 Å². The van der Waals surface area contributed by atoms with Gasteiger partial charge in [0.2, 0.25) is 5.91 Å². The second-order valence-electron chi connectivity index (χ2n) is 9.44. The van der Waals surface area contributed by atoms with Gasteiger partial charge < -0.3 is 19.7 Å². The number of amides is 2. The van der Waals surface area contributed by atoms with Gasteiger partial charge in [0.05, 0.1) is 19.7 Å². The Morgan fingerprint density at radius 1 is 1.18 bits per heavy atom. The normalized spacial score (nSPS) is 26.3. The third-order valence-electron chi connectivity index (χ3n) is 7.12. The fourth-order valence-corrected chi connectivity index (χ4v) is 5.10. The van der Waals surface area contributed by atoms with Gasteiger partial charge in [0.15, 0.2) is 5.60 Å². The number of fused-ring (bicyclic) bond motifs is 1. The van der Waals surface area contributed by atoms with Crippen molar-refractivity contribution in [3.8, 4) is 5.75 Å². The van der Waals surface area contributed by atoms with Crippen molar-refractivity contribution in [3.05, 3.63) is 42.0 Å². The zero-order chi connectivity index (χ0) is 23.1. The van der Waals surface area contributed by atoms with Gasteiger partial charge in [-0.15, -0.1) is 0 Å². The van der Waals surface area contributed by atoms with Crippen LogP contribution in [-0.2, 0) is 20.7 Å². The number of rotatable bonds is 3. The van der Waals surface area contributed by atoms with Crippen LogP contribution in [0.25, 0.3) is 0 Å². The molecule has 1 unspecified atom stereocenters. The standard InChI is InChI=1S/C26H37N3O4/c1-28(22-11-3-2-4-12-22)24(30)19-29-16-18-33-26(20-29)14-8-7-10-21-9-5-6-13-23(21)32-17-15-27-25(26)31/h5-9,13,22H,2-4,10-12,14-20H2,1H3,(H,27,31)/b8-7+. The Hall–Kier alpha value is -2.38. The van der Waals surface area contributed by atoms with E-state index in [1.807, 2.05) is 36.2 Å². The van der Waals surface area contributed by atoms with E-state index in [4.69, 9.17) is 9.47 Å². The number of hydrogen-bond acceptors (Lipinski definition) is 5. The molecule has 33 heavy (non-hydrogen) atoms. The summed E-state index contributed by atoms with van der Waals surface area (Å²) in [5, 5.41) is 3.00. The van der Waals surface area contributed by atoms with Crippen molar-refractivity contribution in [2.75, 3.05) is 46.4 Å². The molecule has 4 rings (SSSR count). The van der Waals surface area contributed by atoms with Gasteiger partial charge in [-0.25, -0.2) is 0 Å². The maximum atomic E-state index is 13.2. The molecule has 1 saturated heterocycles. The Bertz CT molecular complexity index is 852. The first kappa shape index (κ1) is 23.8. The number of para-hydroxylation sites is 1. The van der Waals surface area contributed by atoms with Gasteiger partial charge in [0.1, 0.15) is 12.4 Å². The molecule has 1 atom stereocenters. The lowest BCUT2D eigenvalue weighted by Crippen LogP contribution is -2.61. The monoisotopic (exact) mass is 455 g/mol. The fourth-order valence-electron chi connectivity index (χ4n) is 5.10. The topological polar surface area (TPSA) is 71.1 Å². The summed E-state index contributed by atoms with van der Waals surface area (Å²) in [6.45, 7) is 2.62. The maximum absolute atomic E-state index is 13.2. The predicted molar refractivity (Wildman–Crippen MR) is 127 cm³/mol. The summed E-state index contributed by atoms with van der Waals surface area (Å²) >= 11 is 0. The molecular weight excluding hydrogens is 418 g/mol. The van der Waals surface area contributed by atoms with Crippen LogP contribution in [0.2, 0.25) is 0 Å². The van der Waals surface area contributed by atoms with Gasteiger partial charge >= 0.3 is 0 Å². The van der Waals surface area contributed by atoms with Gasteiger partial charge in [-0.3, -0.25) is 14.5 Å². The molecule has 1 N–H and O–H groups in total. The Kier molecular flexibility index (Phi) is 8.04. The van der Waals surface area contributed by atoms with Crippen molar-refractivity contribution < 1.29 is 19.1 Å². The Balaban J connectivity index is 1.42. The number of morpholine rings is 1. The van der Waals surface area contributed by atoms with E-state index in [2.05, 4.69) is 22.4 Å². The minimum absolute atomic E-state index is 0.132. The Morgan fingerprint density at radius 2 is 2.00 bits per heavy atom. The lowest BCUT2D eigenvalue weighted by Gasteiger charge is -2.42. The van der Waals surface area contributed by atoms with Gasteiger partial charge in [0.25, 0.3) is 5.91 Å². The molecule has 0 bridgehead atoms. The average molecular weight is 456 g/mol. The van der Waals surface area contributed by atoms with Crippen molar-refractivity contribution in [1.29, 1.82) is 0 Å². The molecule has 7 nitrogen and oxygen atoms in total. The summed E-state index contributed by atoms with van der Waals surface area (Å²) in [7, 11) is 1.93. The van der Waals surface area contributed by atoms with E-state index in [0.29, 0.717) is 51.9 Å². The molecule has 0 radical (unpaired) electrons. The number of likely N-dealkylation sites (N-methyl/N-ethyl adjacent to an activating group) is 1. The molecule has 1 aromatic rings. The van der Waals surface area contributed by atoms with Crippen molar-refractivity contribution >= 4 is 11.8 Å². The maximum Gasteiger partial charge on any atom is 0.254 e. The number of carbonyl (C=O) groups is 2. The zero-order valence-electron chi connectivity index (χ0n) is 19.8. The second-order valence-corrected chi connectivity index (χ2v) is 9.44. The van der Waals surface area contributed by atoms with Gasteiger partial charge in [-0.1, -0.05) is 49.6 Å². The first-order chi connectivity index (χ1) is 16.1. The highest BCUT2D eigenvalue weighted by Crippen LogP contribution is 2.26. The van der Waals surface area contributed by atoms with E-state index in [1.54, 1.807) is 0 Å². The van der Waals surface area contributed by atoms with Crippen LogP contribution in [-0.4, -0.2) is 79.7 Å². The largest absolute Gasteiger partial charge is 0.491 e. The molecule has 2 heterocycles. The second kappa shape index (κ2) is 11.2. The molecule has 3 aliphatic rings. The Labute approximate surface area is 197 Å². The van der Waals surface area contributed by atoms with E-state index in [-0.39, 0.29) is 11.8 Å². The average Bonchev–Trinajstić information content (AvgIpc) is 2.84. The van der Waals surface area contributed by atoms with Crippen LogP contribution in [0.15, 0.2) is 36.4 Å². The number of nitrogens with zero attached hydrogens (tertiary/aromatic N) is 2. The summed E-state index contributed by atoms with van der Waals surface area (Å²) in [6.07, 6.45) is 11.2. The molecule has 0 aromatic heterocycles. The van der Waals surface area contributed by atoms with E-state index < -0.39 is 5.60 Å². The molecule has 1 saturated carbocycles. The third-order valence-corrected chi connectivity index (χ3v) is 7.12. The van der Waals surface area contributed by atoms with Crippen molar-refractivity contribution in [2.24, 2.45) is 0 Å². The molecule has 2 fully saturated rings. The molecule has 2 amide bonds. The summed E-state index contributed by atoms with van der Waals surface area (Å²) in [4.78, 5) is 30.2. The molecule has 1 aromatic carbocycles. The van der Waals surface area contributed by atoms with Crippen LogP contribution >= 0.6 is 0 Å². The summed E-state index contributed by atoms with van der Waals surface area (Å²) < 4.78 is 12.0. The van der Waals surface area contributed by atoms with Crippen molar-refractivity contribution in [2.45, 2.75) is 56.6 Å². The molecule has 2 aliphatic heterocycles. The minimum Gasteiger partial charge on any atom is -0.491 e. The van der Waals surface area contributed by atoms with Crippen LogP contribution in [0, 0.1) is 0 Å². The van der Waals surface area contributed by atoms with E-state index in [1.165, 1.54) is 19.3 Å². The fraction of sp³-hybridized carbons (Fsp3) is 0.615. The summed E-state index contributed by atoms with van der Waals surface area (Å²) in [6, 6.07) is 8.33. The van der Waals surface area contributed by atoms with Crippen LogP contribution in [0.3, 0.4) is 0 Å². The minimum atomic E-state index is -0.989. The number of allylic oxidation sites excluding steroid dienone is 1. The van der Waals surface area contributed by atoms with Crippen LogP contribution in [0.5, 0.6) is 5.75 Å². The third kappa shape index (κ3) is 5.95. The van der Waals surface area contributed by atoms with Gasteiger partial charge in [-0.2, -0.15) is 0 Å². The molecule has 7 heteroatoms. The quantitative estimate of drug-likeness (QED) is 0.710. The van der Waals surface area contributed by atoms with Gasteiger partial charge in [0, 0.05) is 32.6 Å². The molecule has 1 spiro atoms. The van der Waals surface area contributed by atoms with Crippen molar-refractivity contribution in [1.82, 2.24) is 15.1 Å². The number of carbonyl (C=O) groups excluding carboxylic acids is 2. The highest BCUT2D eigenvalue weighted by molar-refractivity contribution is 5.86. The molecule has 180 valence electrons. The van der Waals surface area contributed by atoms with E-state index in [0.717, 1.165) is 30.6 Å². The first-order valence-corrected chi connectivity index (χ1v) is 12.3.